The molecule has 0 fully saturated rings. The summed E-state index contributed by atoms with van der Waals surface area (Å²) in [6, 6.07) is 7.87. The fourth-order valence-electron chi connectivity index (χ4n) is 3.55. The zero-order valence-electron chi connectivity index (χ0n) is 16.5. The van der Waals surface area contributed by atoms with Gasteiger partial charge in [0.25, 0.3) is 5.91 Å². The van der Waals surface area contributed by atoms with Crippen LogP contribution in [0, 0.1) is 6.92 Å². The van der Waals surface area contributed by atoms with E-state index in [0.717, 1.165) is 29.9 Å². The highest BCUT2D eigenvalue weighted by atomic mass is 16.1. The van der Waals surface area contributed by atoms with E-state index < -0.39 is 0 Å². The molecule has 1 aliphatic rings. The van der Waals surface area contributed by atoms with Crippen molar-refractivity contribution in [2.75, 3.05) is 5.32 Å². The average Bonchev–Trinajstić information content (AvgIpc) is 2.88. The molecule has 0 spiro atoms. The highest BCUT2D eigenvalue weighted by Crippen LogP contribution is 2.34. The van der Waals surface area contributed by atoms with Gasteiger partial charge in [-0.1, -0.05) is 39.0 Å². The van der Waals surface area contributed by atoms with Crippen LogP contribution in [-0.2, 0) is 12.5 Å². The summed E-state index contributed by atoms with van der Waals surface area (Å²) in [5, 5.41) is 7.63. The minimum Gasteiger partial charge on any atom is -0.306 e. The monoisotopic (exact) mass is 351 g/mol. The Kier molecular flexibility index (Phi) is 5.03. The van der Waals surface area contributed by atoms with E-state index >= 15 is 0 Å². The van der Waals surface area contributed by atoms with Gasteiger partial charge in [-0.05, 0) is 61.3 Å². The summed E-state index contributed by atoms with van der Waals surface area (Å²) >= 11 is 0. The molecule has 3 rings (SSSR count). The van der Waals surface area contributed by atoms with Crippen LogP contribution in [0.3, 0.4) is 0 Å². The van der Waals surface area contributed by atoms with Crippen LogP contribution in [0.25, 0.3) is 5.57 Å². The van der Waals surface area contributed by atoms with Crippen molar-refractivity contribution in [3.63, 3.8) is 0 Å². The van der Waals surface area contributed by atoms with E-state index in [1.165, 1.54) is 24.0 Å². The number of carbonyl (C=O) groups is 1. The number of nitrogens with one attached hydrogen (secondary N) is 1. The lowest BCUT2D eigenvalue weighted by Crippen LogP contribution is -2.17. The number of nitrogens with zero attached hydrogens (tertiary/aromatic N) is 2. The Morgan fingerprint density at radius 2 is 1.85 bits per heavy atom. The first-order valence-corrected chi connectivity index (χ1v) is 9.42. The second-order valence-electron chi connectivity index (χ2n) is 8.19. The molecular weight excluding hydrogens is 322 g/mol. The summed E-state index contributed by atoms with van der Waals surface area (Å²) in [6.07, 6.45) is 6.88. The molecule has 0 saturated carbocycles. The molecule has 138 valence electrons. The molecule has 1 aromatic carbocycles. The molecule has 1 aliphatic carbocycles. The number of rotatable bonds is 3. The molecule has 0 unspecified atom stereocenters. The molecule has 1 N–H and O–H groups in total. The molecule has 2 aromatic rings. The third kappa shape index (κ3) is 3.74. The molecular formula is C22H29N3O. The Hall–Kier alpha value is -2.36. The number of hydrogen-bond acceptors (Lipinski definition) is 2. The maximum absolute atomic E-state index is 12.8. The van der Waals surface area contributed by atoms with Crippen LogP contribution in [0.15, 0.2) is 30.3 Å². The largest absolute Gasteiger partial charge is 0.306 e. The molecule has 0 atom stereocenters. The highest BCUT2D eigenvalue weighted by molar-refractivity contribution is 6.05. The molecule has 0 saturated heterocycles. The molecule has 4 heteroatoms. The summed E-state index contributed by atoms with van der Waals surface area (Å²) in [5.74, 6) is 0.701. The van der Waals surface area contributed by atoms with Crippen molar-refractivity contribution in [3.05, 3.63) is 52.7 Å². The zero-order valence-corrected chi connectivity index (χ0v) is 16.5. The van der Waals surface area contributed by atoms with Gasteiger partial charge in [0.05, 0.1) is 5.69 Å². The second-order valence-corrected chi connectivity index (χ2v) is 8.19. The zero-order chi connectivity index (χ0) is 18.9. The fourth-order valence-corrected chi connectivity index (χ4v) is 3.55. The quantitative estimate of drug-likeness (QED) is 0.822. The topological polar surface area (TPSA) is 46.9 Å². The number of aromatic nitrogens is 2. The molecule has 1 aromatic heterocycles. The van der Waals surface area contributed by atoms with E-state index in [0.29, 0.717) is 5.56 Å². The van der Waals surface area contributed by atoms with Crippen LogP contribution in [0.5, 0.6) is 0 Å². The molecule has 4 nitrogen and oxygen atoms in total. The fraction of sp³-hybridized carbons (Fsp3) is 0.455. The molecule has 1 heterocycles. The van der Waals surface area contributed by atoms with E-state index in [4.69, 9.17) is 0 Å². The minimum atomic E-state index is -0.0916. The maximum atomic E-state index is 12.8. The average molecular weight is 351 g/mol. The molecule has 26 heavy (non-hydrogen) atoms. The Labute approximate surface area is 156 Å². The van der Waals surface area contributed by atoms with Gasteiger partial charge in [-0.3, -0.25) is 9.48 Å². The third-order valence-electron chi connectivity index (χ3n) is 5.08. The Balaban J connectivity index is 1.87. The van der Waals surface area contributed by atoms with Crippen LogP contribution >= 0.6 is 0 Å². The van der Waals surface area contributed by atoms with Gasteiger partial charge in [-0.15, -0.1) is 0 Å². The van der Waals surface area contributed by atoms with Crippen molar-refractivity contribution >= 4 is 17.3 Å². The number of allylic oxidation sites excluding steroid dienone is 2. The van der Waals surface area contributed by atoms with E-state index in [1.807, 2.05) is 38.2 Å². The van der Waals surface area contributed by atoms with Gasteiger partial charge in [0.15, 0.2) is 0 Å². The first-order valence-electron chi connectivity index (χ1n) is 9.42. The van der Waals surface area contributed by atoms with Gasteiger partial charge in [-0.2, -0.15) is 5.10 Å². The summed E-state index contributed by atoms with van der Waals surface area (Å²) in [5.41, 5.74) is 5.33. The normalized spacial score (nSPS) is 14.9. The smallest absolute Gasteiger partial charge is 0.256 e. The van der Waals surface area contributed by atoms with Gasteiger partial charge < -0.3 is 5.32 Å². The van der Waals surface area contributed by atoms with Crippen molar-refractivity contribution in [1.82, 2.24) is 9.78 Å². The SMILES string of the molecule is Cc1nn(C)c(NC(=O)c2ccc(C(C)(C)C)cc2)c1C1=CCCCC1. The van der Waals surface area contributed by atoms with E-state index in [2.05, 4.69) is 37.3 Å². The summed E-state index contributed by atoms with van der Waals surface area (Å²) in [4.78, 5) is 12.8. The van der Waals surface area contributed by atoms with Crippen molar-refractivity contribution in [2.24, 2.45) is 7.05 Å². The van der Waals surface area contributed by atoms with Crippen molar-refractivity contribution in [2.45, 2.75) is 58.8 Å². The van der Waals surface area contributed by atoms with Gasteiger partial charge in [0, 0.05) is 18.2 Å². The number of amides is 1. The van der Waals surface area contributed by atoms with E-state index in [-0.39, 0.29) is 11.3 Å². The van der Waals surface area contributed by atoms with Crippen molar-refractivity contribution < 1.29 is 4.79 Å². The van der Waals surface area contributed by atoms with Crippen molar-refractivity contribution in [3.8, 4) is 0 Å². The predicted molar refractivity (Wildman–Crippen MR) is 107 cm³/mol. The van der Waals surface area contributed by atoms with Gasteiger partial charge >= 0.3 is 0 Å². The number of carbonyl (C=O) groups excluding carboxylic acids is 1. The summed E-state index contributed by atoms with van der Waals surface area (Å²) in [6.45, 7) is 8.53. The molecule has 0 radical (unpaired) electrons. The second kappa shape index (κ2) is 7.10. The Morgan fingerprint density at radius 1 is 1.15 bits per heavy atom. The van der Waals surface area contributed by atoms with Crippen LogP contribution in [-0.4, -0.2) is 15.7 Å². The molecule has 0 bridgehead atoms. The van der Waals surface area contributed by atoms with Gasteiger partial charge in [0.1, 0.15) is 5.82 Å². The van der Waals surface area contributed by atoms with E-state index in [1.54, 1.807) is 4.68 Å². The van der Waals surface area contributed by atoms with Gasteiger partial charge in [0.2, 0.25) is 0 Å². The highest BCUT2D eigenvalue weighted by Gasteiger charge is 2.21. The first-order chi connectivity index (χ1) is 12.3. The number of hydrogen-bond donors (Lipinski definition) is 1. The number of aryl methyl sites for hydroxylation is 2. The lowest BCUT2D eigenvalue weighted by Gasteiger charge is -2.19. The summed E-state index contributed by atoms with van der Waals surface area (Å²) < 4.78 is 1.78. The number of benzene rings is 1. The van der Waals surface area contributed by atoms with Gasteiger partial charge in [-0.25, -0.2) is 0 Å². The lowest BCUT2D eigenvalue weighted by molar-refractivity contribution is 0.102. The third-order valence-corrected chi connectivity index (χ3v) is 5.08. The van der Waals surface area contributed by atoms with Crippen LogP contribution < -0.4 is 5.32 Å². The lowest BCUT2D eigenvalue weighted by atomic mass is 9.86. The Morgan fingerprint density at radius 3 is 2.42 bits per heavy atom. The molecule has 1 amide bonds. The van der Waals surface area contributed by atoms with Crippen LogP contribution in [0.2, 0.25) is 0 Å². The minimum absolute atomic E-state index is 0.0782. The van der Waals surface area contributed by atoms with Crippen LogP contribution in [0.4, 0.5) is 5.82 Å². The van der Waals surface area contributed by atoms with Crippen LogP contribution in [0.1, 0.15) is 73.6 Å². The van der Waals surface area contributed by atoms with E-state index in [9.17, 15) is 4.79 Å². The standard InChI is InChI=1S/C22H29N3O/c1-15-19(16-9-7-6-8-10-16)20(25(5)24-15)23-21(26)17-11-13-18(14-12-17)22(2,3)4/h9,11-14H,6-8,10H2,1-5H3,(H,23,26). The van der Waals surface area contributed by atoms with Crippen molar-refractivity contribution in [1.29, 1.82) is 0 Å². The maximum Gasteiger partial charge on any atom is 0.256 e. The number of anilines is 1. The summed E-state index contributed by atoms with van der Waals surface area (Å²) in [7, 11) is 1.89. The predicted octanol–water partition coefficient (Wildman–Crippen LogP) is 5.24. The Bertz CT molecular complexity index is 836. The molecule has 0 aliphatic heterocycles. The first kappa shape index (κ1) is 18.4.